The maximum absolute atomic E-state index is 13.2. The van der Waals surface area contributed by atoms with E-state index in [4.69, 9.17) is 0 Å². The fourth-order valence-corrected chi connectivity index (χ4v) is 2.95. The Hall–Kier alpha value is -0.970. The van der Waals surface area contributed by atoms with Crippen LogP contribution in [0.3, 0.4) is 0 Å². The van der Waals surface area contributed by atoms with Gasteiger partial charge in [-0.2, -0.15) is 0 Å². The van der Waals surface area contributed by atoms with E-state index >= 15 is 0 Å². The summed E-state index contributed by atoms with van der Waals surface area (Å²) in [6.45, 7) is 2.99. The molecule has 0 radical (unpaired) electrons. The summed E-state index contributed by atoms with van der Waals surface area (Å²) in [5.74, 6) is -0.196. The van der Waals surface area contributed by atoms with Crippen LogP contribution in [0, 0.1) is 5.82 Å². The van der Waals surface area contributed by atoms with Crippen LogP contribution in [-0.2, 0) is 6.54 Å². The fraction of sp³-hybridized carbons (Fsp3) is 0.600. The van der Waals surface area contributed by atoms with Crippen molar-refractivity contribution in [3.05, 3.63) is 35.6 Å². The summed E-state index contributed by atoms with van der Waals surface area (Å²) in [6.07, 6.45) is 1.82. The SMILES string of the molecule is CN(C)CC1(O)CCCN(Cc2cccc(F)c2)C1. The first-order chi connectivity index (χ1) is 8.97. The van der Waals surface area contributed by atoms with Crippen LogP contribution in [0.5, 0.6) is 0 Å². The van der Waals surface area contributed by atoms with E-state index in [1.165, 1.54) is 6.07 Å². The molecule has 19 heavy (non-hydrogen) atoms. The Bertz CT molecular complexity index is 424. The Balaban J connectivity index is 1.98. The Morgan fingerprint density at radius 2 is 2.21 bits per heavy atom. The van der Waals surface area contributed by atoms with Crippen molar-refractivity contribution in [2.24, 2.45) is 0 Å². The molecule has 1 fully saturated rings. The minimum Gasteiger partial charge on any atom is -0.387 e. The van der Waals surface area contributed by atoms with Crippen molar-refractivity contribution in [2.45, 2.75) is 25.0 Å². The van der Waals surface area contributed by atoms with E-state index in [1.807, 2.05) is 25.1 Å². The smallest absolute Gasteiger partial charge is 0.123 e. The zero-order valence-electron chi connectivity index (χ0n) is 11.8. The summed E-state index contributed by atoms with van der Waals surface area (Å²) in [4.78, 5) is 4.23. The number of benzene rings is 1. The number of aliphatic hydroxyl groups is 1. The van der Waals surface area contributed by atoms with Gasteiger partial charge in [0.15, 0.2) is 0 Å². The second-order valence-electron chi connectivity index (χ2n) is 5.91. The van der Waals surface area contributed by atoms with Crippen LogP contribution in [0.4, 0.5) is 4.39 Å². The Morgan fingerprint density at radius 3 is 2.89 bits per heavy atom. The zero-order valence-corrected chi connectivity index (χ0v) is 11.8. The molecule has 1 heterocycles. The first-order valence-electron chi connectivity index (χ1n) is 6.81. The highest BCUT2D eigenvalue weighted by atomic mass is 19.1. The summed E-state index contributed by atoms with van der Waals surface area (Å²) in [5, 5.41) is 10.6. The van der Waals surface area contributed by atoms with E-state index in [-0.39, 0.29) is 5.82 Å². The van der Waals surface area contributed by atoms with Gasteiger partial charge in [-0.3, -0.25) is 4.90 Å². The molecule has 106 valence electrons. The summed E-state index contributed by atoms with van der Waals surface area (Å²) in [6, 6.07) is 6.70. The fourth-order valence-electron chi connectivity index (χ4n) is 2.95. The van der Waals surface area contributed by atoms with Crippen molar-refractivity contribution < 1.29 is 9.50 Å². The number of hydrogen-bond acceptors (Lipinski definition) is 3. The summed E-state index contributed by atoms with van der Waals surface area (Å²) < 4.78 is 13.2. The van der Waals surface area contributed by atoms with Gasteiger partial charge in [0.05, 0.1) is 5.60 Å². The lowest BCUT2D eigenvalue weighted by molar-refractivity contribution is -0.0480. The van der Waals surface area contributed by atoms with Gasteiger partial charge in [0.1, 0.15) is 5.82 Å². The summed E-state index contributed by atoms with van der Waals surface area (Å²) in [7, 11) is 3.95. The molecule has 4 heteroatoms. The van der Waals surface area contributed by atoms with Gasteiger partial charge in [0.2, 0.25) is 0 Å². The number of nitrogens with zero attached hydrogens (tertiary/aromatic N) is 2. The van der Waals surface area contributed by atoms with E-state index in [2.05, 4.69) is 4.90 Å². The minimum atomic E-state index is -0.644. The van der Waals surface area contributed by atoms with E-state index in [1.54, 1.807) is 12.1 Å². The molecule has 1 aliphatic rings. The van der Waals surface area contributed by atoms with Crippen LogP contribution in [0.15, 0.2) is 24.3 Å². The van der Waals surface area contributed by atoms with Crippen LogP contribution in [-0.4, -0.2) is 54.2 Å². The van der Waals surface area contributed by atoms with Gasteiger partial charge >= 0.3 is 0 Å². The van der Waals surface area contributed by atoms with E-state index < -0.39 is 5.60 Å². The monoisotopic (exact) mass is 266 g/mol. The topological polar surface area (TPSA) is 26.7 Å². The molecule has 2 rings (SSSR count). The highest BCUT2D eigenvalue weighted by Crippen LogP contribution is 2.23. The van der Waals surface area contributed by atoms with Crippen LogP contribution in [0.1, 0.15) is 18.4 Å². The molecule has 1 unspecified atom stereocenters. The van der Waals surface area contributed by atoms with Crippen molar-refractivity contribution in [2.75, 3.05) is 33.7 Å². The number of halogens is 1. The number of likely N-dealkylation sites (tertiary alicyclic amines) is 1. The lowest BCUT2D eigenvalue weighted by Gasteiger charge is -2.40. The molecule has 1 N–H and O–H groups in total. The van der Waals surface area contributed by atoms with Crippen LogP contribution >= 0.6 is 0 Å². The molecule has 0 saturated carbocycles. The van der Waals surface area contributed by atoms with Crippen molar-refractivity contribution in [3.63, 3.8) is 0 Å². The van der Waals surface area contributed by atoms with Gasteiger partial charge < -0.3 is 10.0 Å². The second kappa shape index (κ2) is 5.99. The predicted octanol–water partition coefficient (Wildman–Crippen LogP) is 1.71. The molecule has 1 aliphatic heterocycles. The van der Waals surface area contributed by atoms with E-state index in [0.717, 1.165) is 24.9 Å². The van der Waals surface area contributed by atoms with Crippen LogP contribution < -0.4 is 0 Å². The maximum atomic E-state index is 13.2. The molecule has 0 aromatic heterocycles. The summed E-state index contributed by atoms with van der Waals surface area (Å²) in [5.41, 5.74) is 0.323. The van der Waals surface area contributed by atoms with Crippen molar-refractivity contribution in [3.8, 4) is 0 Å². The van der Waals surface area contributed by atoms with Gasteiger partial charge in [-0.05, 0) is 51.2 Å². The quantitative estimate of drug-likeness (QED) is 0.899. The van der Waals surface area contributed by atoms with Gasteiger partial charge in [0, 0.05) is 19.6 Å². The third-order valence-corrected chi connectivity index (χ3v) is 3.54. The number of hydrogen-bond donors (Lipinski definition) is 1. The van der Waals surface area contributed by atoms with Gasteiger partial charge in [-0.25, -0.2) is 4.39 Å². The molecule has 0 aliphatic carbocycles. The van der Waals surface area contributed by atoms with Gasteiger partial charge in [-0.1, -0.05) is 12.1 Å². The molecule has 0 amide bonds. The molecule has 1 aromatic rings. The largest absolute Gasteiger partial charge is 0.387 e. The summed E-state index contributed by atoms with van der Waals surface area (Å²) >= 11 is 0. The normalized spacial score (nSPS) is 24.9. The number of likely N-dealkylation sites (N-methyl/N-ethyl adjacent to an activating group) is 1. The average molecular weight is 266 g/mol. The average Bonchev–Trinajstić information content (AvgIpc) is 2.27. The highest BCUT2D eigenvalue weighted by Gasteiger charge is 2.33. The van der Waals surface area contributed by atoms with Gasteiger partial charge in [-0.15, -0.1) is 0 Å². The lowest BCUT2D eigenvalue weighted by atomic mass is 9.92. The number of rotatable bonds is 4. The number of β-amino-alcohol motifs (C(OH)–C–C–N with tert-alkyl or cyclic N) is 1. The first kappa shape index (κ1) is 14.4. The van der Waals surface area contributed by atoms with Gasteiger partial charge in [0.25, 0.3) is 0 Å². The van der Waals surface area contributed by atoms with Crippen LogP contribution in [0.2, 0.25) is 0 Å². The van der Waals surface area contributed by atoms with Crippen molar-refractivity contribution in [1.82, 2.24) is 9.80 Å². The molecule has 1 aromatic carbocycles. The van der Waals surface area contributed by atoms with E-state index in [0.29, 0.717) is 19.6 Å². The molecule has 1 saturated heterocycles. The van der Waals surface area contributed by atoms with Crippen molar-refractivity contribution >= 4 is 0 Å². The van der Waals surface area contributed by atoms with Crippen LogP contribution in [0.25, 0.3) is 0 Å². The second-order valence-corrected chi connectivity index (χ2v) is 5.91. The third-order valence-electron chi connectivity index (χ3n) is 3.54. The Morgan fingerprint density at radius 1 is 1.42 bits per heavy atom. The molecular weight excluding hydrogens is 243 g/mol. The zero-order chi connectivity index (χ0) is 13.9. The third kappa shape index (κ3) is 4.27. The standard InChI is InChI=1S/C15H23FN2O/c1-17(2)11-15(19)7-4-8-18(12-15)10-13-5-3-6-14(16)9-13/h3,5-6,9,19H,4,7-8,10-12H2,1-2H3. The lowest BCUT2D eigenvalue weighted by Crippen LogP contribution is -2.52. The van der Waals surface area contributed by atoms with E-state index in [9.17, 15) is 9.50 Å². The molecule has 3 nitrogen and oxygen atoms in total. The molecule has 0 spiro atoms. The first-order valence-corrected chi connectivity index (χ1v) is 6.81. The molecular formula is C15H23FN2O. The molecule has 0 bridgehead atoms. The predicted molar refractivity (Wildman–Crippen MR) is 74.4 cm³/mol. The Labute approximate surface area is 114 Å². The molecule has 1 atom stereocenters. The number of piperidine rings is 1. The minimum absolute atomic E-state index is 0.196. The maximum Gasteiger partial charge on any atom is 0.123 e. The van der Waals surface area contributed by atoms with Crippen molar-refractivity contribution in [1.29, 1.82) is 0 Å². The highest BCUT2D eigenvalue weighted by molar-refractivity contribution is 5.16. The Kier molecular flexibility index (Phi) is 4.55.